The topological polar surface area (TPSA) is 63.3 Å². The van der Waals surface area contributed by atoms with Gasteiger partial charge in [-0.2, -0.15) is 0 Å². The van der Waals surface area contributed by atoms with Crippen LogP contribution in [-0.4, -0.2) is 11.1 Å². The summed E-state index contributed by atoms with van der Waals surface area (Å²) in [5.74, 6) is -1.17. The van der Waals surface area contributed by atoms with E-state index in [0.29, 0.717) is 5.69 Å². The Balaban J connectivity index is 2.83. The zero-order valence-electron chi connectivity index (χ0n) is 12.9. The Morgan fingerprint density at radius 3 is 2.60 bits per heavy atom. The van der Waals surface area contributed by atoms with E-state index in [1.54, 1.807) is 0 Å². The van der Waals surface area contributed by atoms with Crippen LogP contribution in [0.1, 0.15) is 63.0 Å². The first-order valence-electron chi connectivity index (χ1n) is 7.56. The standard InChI is InChI=1S/C17H27NO2/c1-4-5-6-7-8-13(3)16(17(19)20)14-11-12(2)9-10-15(14)18/h9-11,13,16H,4-8,18H2,1-3H3,(H,19,20). The maximum absolute atomic E-state index is 11.6. The Labute approximate surface area is 122 Å². The van der Waals surface area contributed by atoms with Gasteiger partial charge in [-0.25, -0.2) is 0 Å². The molecule has 0 radical (unpaired) electrons. The molecule has 1 aromatic carbocycles. The summed E-state index contributed by atoms with van der Waals surface area (Å²) in [6.07, 6.45) is 5.62. The molecule has 0 fully saturated rings. The number of aliphatic carboxylic acids is 1. The summed E-state index contributed by atoms with van der Waals surface area (Å²) in [5.41, 5.74) is 8.38. The summed E-state index contributed by atoms with van der Waals surface area (Å²) in [6, 6.07) is 5.64. The number of rotatable bonds is 8. The summed E-state index contributed by atoms with van der Waals surface area (Å²) in [6.45, 7) is 6.16. The van der Waals surface area contributed by atoms with E-state index in [0.717, 1.165) is 24.0 Å². The molecule has 0 heterocycles. The second-order valence-electron chi connectivity index (χ2n) is 5.77. The highest BCUT2D eigenvalue weighted by atomic mass is 16.4. The Morgan fingerprint density at radius 1 is 1.30 bits per heavy atom. The third kappa shape index (κ3) is 4.55. The fraction of sp³-hybridized carbons (Fsp3) is 0.588. The molecular weight excluding hydrogens is 250 g/mol. The van der Waals surface area contributed by atoms with Gasteiger partial charge in [-0.1, -0.05) is 57.2 Å². The van der Waals surface area contributed by atoms with E-state index in [9.17, 15) is 9.90 Å². The molecule has 3 heteroatoms. The van der Waals surface area contributed by atoms with Crippen molar-refractivity contribution in [1.82, 2.24) is 0 Å². The number of anilines is 1. The van der Waals surface area contributed by atoms with E-state index >= 15 is 0 Å². The summed E-state index contributed by atoms with van der Waals surface area (Å²) in [7, 11) is 0. The Morgan fingerprint density at radius 2 is 2.00 bits per heavy atom. The van der Waals surface area contributed by atoms with Gasteiger partial charge in [0, 0.05) is 5.69 Å². The molecule has 2 unspecified atom stereocenters. The Kier molecular flexibility index (Phi) is 6.56. The molecule has 0 aliphatic heterocycles. The molecule has 3 N–H and O–H groups in total. The number of hydrogen-bond acceptors (Lipinski definition) is 2. The number of carboxylic acid groups (broad SMARTS) is 1. The average Bonchev–Trinajstić information content (AvgIpc) is 2.38. The smallest absolute Gasteiger partial charge is 0.311 e. The average molecular weight is 277 g/mol. The lowest BCUT2D eigenvalue weighted by Gasteiger charge is -2.22. The van der Waals surface area contributed by atoms with E-state index in [1.165, 1.54) is 19.3 Å². The van der Waals surface area contributed by atoms with Crippen LogP contribution in [0.4, 0.5) is 5.69 Å². The molecule has 0 spiro atoms. The molecule has 2 atom stereocenters. The van der Waals surface area contributed by atoms with E-state index in [1.807, 2.05) is 32.0 Å². The van der Waals surface area contributed by atoms with Gasteiger partial charge in [0.05, 0.1) is 5.92 Å². The van der Waals surface area contributed by atoms with Crippen molar-refractivity contribution >= 4 is 11.7 Å². The number of nitrogen functional groups attached to an aromatic ring is 1. The lowest BCUT2D eigenvalue weighted by Crippen LogP contribution is -2.21. The molecule has 112 valence electrons. The van der Waals surface area contributed by atoms with Crippen molar-refractivity contribution in [3.05, 3.63) is 29.3 Å². The number of aryl methyl sites for hydroxylation is 1. The molecule has 1 rings (SSSR count). The number of unbranched alkanes of at least 4 members (excludes halogenated alkanes) is 3. The number of carboxylic acids is 1. The Hall–Kier alpha value is -1.51. The minimum atomic E-state index is -0.773. The molecular formula is C17H27NO2. The van der Waals surface area contributed by atoms with Crippen LogP contribution in [0.2, 0.25) is 0 Å². The fourth-order valence-corrected chi connectivity index (χ4v) is 2.71. The first-order chi connectivity index (χ1) is 9.47. The molecule has 1 aromatic rings. The van der Waals surface area contributed by atoms with Crippen molar-refractivity contribution in [2.75, 3.05) is 5.73 Å². The van der Waals surface area contributed by atoms with Crippen molar-refractivity contribution in [2.24, 2.45) is 5.92 Å². The first kappa shape index (κ1) is 16.5. The van der Waals surface area contributed by atoms with Gasteiger partial charge in [-0.05, 0) is 30.9 Å². The van der Waals surface area contributed by atoms with Crippen LogP contribution in [0.25, 0.3) is 0 Å². The summed E-state index contributed by atoms with van der Waals surface area (Å²) >= 11 is 0. The zero-order valence-corrected chi connectivity index (χ0v) is 12.9. The molecule has 0 saturated heterocycles. The normalized spacial score (nSPS) is 13.9. The SMILES string of the molecule is CCCCCCC(C)C(C(=O)O)c1cc(C)ccc1N. The van der Waals surface area contributed by atoms with Crippen LogP contribution < -0.4 is 5.73 Å². The highest BCUT2D eigenvalue weighted by molar-refractivity contribution is 5.79. The maximum atomic E-state index is 11.6. The van der Waals surface area contributed by atoms with E-state index in [2.05, 4.69) is 6.92 Å². The summed E-state index contributed by atoms with van der Waals surface area (Å²) in [4.78, 5) is 11.6. The molecule has 3 nitrogen and oxygen atoms in total. The molecule has 0 aliphatic carbocycles. The molecule has 0 bridgehead atoms. The van der Waals surface area contributed by atoms with Crippen molar-refractivity contribution in [3.63, 3.8) is 0 Å². The number of nitrogens with two attached hydrogens (primary N) is 1. The predicted octanol–water partition coefficient (Wildman–Crippen LogP) is 4.35. The van der Waals surface area contributed by atoms with Gasteiger partial charge in [0.2, 0.25) is 0 Å². The molecule has 20 heavy (non-hydrogen) atoms. The largest absolute Gasteiger partial charge is 0.481 e. The lowest BCUT2D eigenvalue weighted by molar-refractivity contribution is -0.140. The van der Waals surface area contributed by atoms with Crippen molar-refractivity contribution < 1.29 is 9.90 Å². The zero-order chi connectivity index (χ0) is 15.1. The van der Waals surface area contributed by atoms with Crippen LogP contribution in [0, 0.1) is 12.8 Å². The predicted molar refractivity (Wildman–Crippen MR) is 83.9 cm³/mol. The molecule has 0 saturated carbocycles. The highest BCUT2D eigenvalue weighted by Gasteiger charge is 2.27. The quantitative estimate of drug-likeness (QED) is 0.548. The maximum Gasteiger partial charge on any atom is 0.311 e. The lowest BCUT2D eigenvalue weighted by atomic mass is 9.82. The van der Waals surface area contributed by atoms with E-state index in [-0.39, 0.29) is 5.92 Å². The molecule has 0 amide bonds. The Bertz CT molecular complexity index is 443. The second kappa shape index (κ2) is 7.93. The van der Waals surface area contributed by atoms with Crippen LogP contribution in [0.5, 0.6) is 0 Å². The van der Waals surface area contributed by atoms with Gasteiger partial charge in [0.25, 0.3) is 0 Å². The monoisotopic (exact) mass is 277 g/mol. The fourth-order valence-electron chi connectivity index (χ4n) is 2.71. The summed E-state index contributed by atoms with van der Waals surface area (Å²) < 4.78 is 0. The van der Waals surface area contributed by atoms with Gasteiger partial charge in [-0.15, -0.1) is 0 Å². The molecule has 0 aromatic heterocycles. The third-order valence-electron chi connectivity index (χ3n) is 3.93. The second-order valence-corrected chi connectivity index (χ2v) is 5.77. The van der Waals surface area contributed by atoms with Crippen molar-refractivity contribution in [2.45, 2.75) is 58.8 Å². The van der Waals surface area contributed by atoms with Crippen molar-refractivity contribution in [1.29, 1.82) is 0 Å². The van der Waals surface area contributed by atoms with Gasteiger partial charge < -0.3 is 10.8 Å². The van der Waals surface area contributed by atoms with Gasteiger partial charge >= 0.3 is 5.97 Å². The van der Waals surface area contributed by atoms with E-state index < -0.39 is 11.9 Å². The van der Waals surface area contributed by atoms with Crippen LogP contribution in [0.15, 0.2) is 18.2 Å². The van der Waals surface area contributed by atoms with E-state index in [4.69, 9.17) is 5.73 Å². The van der Waals surface area contributed by atoms with Gasteiger partial charge in [0.15, 0.2) is 0 Å². The number of carbonyl (C=O) groups is 1. The van der Waals surface area contributed by atoms with Gasteiger partial charge in [0.1, 0.15) is 0 Å². The molecule has 0 aliphatic rings. The number of hydrogen-bond donors (Lipinski definition) is 2. The van der Waals surface area contributed by atoms with Crippen LogP contribution in [0.3, 0.4) is 0 Å². The van der Waals surface area contributed by atoms with Gasteiger partial charge in [-0.3, -0.25) is 4.79 Å². The number of benzene rings is 1. The summed E-state index contributed by atoms with van der Waals surface area (Å²) in [5, 5.41) is 9.56. The first-order valence-corrected chi connectivity index (χ1v) is 7.56. The van der Waals surface area contributed by atoms with Crippen LogP contribution in [-0.2, 0) is 4.79 Å². The minimum Gasteiger partial charge on any atom is -0.481 e. The van der Waals surface area contributed by atoms with Crippen LogP contribution >= 0.6 is 0 Å². The third-order valence-corrected chi connectivity index (χ3v) is 3.93. The highest BCUT2D eigenvalue weighted by Crippen LogP contribution is 2.33. The minimum absolute atomic E-state index is 0.105. The van der Waals surface area contributed by atoms with Crippen molar-refractivity contribution in [3.8, 4) is 0 Å².